The van der Waals surface area contributed by atoms with E-state index in [-0.39, 0.29) is 12.1 Å². The fourth-order valence-corrected chi connectivity index (χ4v) is 2.33. The number of alkyl halides is 3. The highest BCUT2D eigenvalue weighted by Crippen LogP contribution is 2.23. The van der Waals surface area contributed by atoms with Gasteiger partial charge in [-0.2, -0.15) is 13.2 Å². The summed E-state index contributed by atoms with van der Waals surface area (Å²) in [4.78, 5) is 1.53. The molecule has 6 heteroatoms. The normalized spacial score (nSPS) is 20.8. The SMILES string of the molecule is COCC(C)N(CC(F)(F)F)C1CCNCC1. The van der Waals surface area contributed by atoms with Gasteiger partial charge in [0.15, 0.2) is 0 Å². The quantitative estimate of drug-likeness (QED) is 0.807. The van der Waals surface area contributed by atoms with E-state index in [0.717, 1.165) is 25.9 Å². The Morgan fingerprint density at radius 3 is 2.41 bits per heavy atom. The first kappa shape index (κ1) is 14.7. The molecule has 0 spiro atoms. The molecule has 1 fully saturated rings. The molecule has 0 saturated carbocycles. The van der Waals surface area contributed by atoms with Crippen molar-refractivity contribution >= 4 is 0 Å². The fourth-order valence-electron chi connectivity index (χ4n) is 2.33. The largest absolute Gasteiger partial charge is 0.401 e. The number of hydrogen-bond donors (Lipinski definition) is 1. The molecule has 1 atom stereocenters. The van der Waals surface area contributed by atoms with Crippen LogP contribution in [0.4, 0.5) is 13.2 Å². The van der Waals surface area contributed by atoms with E-state index in [1.54, 1.807) is 6.92 Å². The lowest BCUT2D eigenvalue weighted by molar-refractivity contribution is -0.159. The molecule has 1 saturated heterocycles. The van der Waals surface area contributed by atoms with Crippen LogP contribution in [-0.4, -0.2) is 56.5 Å². The molecule has 0 aromatic rings. The number of nitrogens with zero attached hydrogens (tertiary/aromatic N) is 1. The highest BCUT2D eigenvalue weighted by molar-refractivity contribution is 4.82. The minimum Gasteiger partial charge on any atom is -0.383 e. The van der Waals surface area contributed by atoms with Gasteiger partial charge in [-0.25, -0.2) is 0 Å². The molecule has 102 valence electrons. The number of halogens is 3. The number of hydrogen-bond acceptors (Lipinski definition) is 3. The average molecular weight is 254 g/mol. The number of piperidine rings is 1. The van der Waals surface area contributed by atoms with E-state index in [4.69, 9.17) is 4.74 Å². The predicted octanol–water partition coefficient (Wildman–Crippen LogP) is 1.64. The Hall–Kier alpha value is -0.330. The van der Waals surface area contributed by atoms with Crippen LogP contribution >= 0.6 is 0 Å². The minimum atomic E-state index is -4.15. The van der Waals surface area contributed by atoms with Crippen LogP contribution in [0, 0.1) is 0 Å². The van der Waals surface area contributed by atoms with Crippen LogP contribution in [0.5, 0.6) is 0 Å². The van der Waals surface area contributed by atoms with Gasteiger partial charge in [0.25, 0.3) is 0 Å². The Balaban J connectivity index is 2.62. The topological polar surface area (TPSA) is 24.5 Å². The molecule has 0 amide bonds. The van der Waals surface area contributed by atoms with Gasteiger partial charge in [-0.3, -0.25) is 4.90 Å². The van der Waals surface area contributed by atoms with Crippen molar-refractivity contribution in [2.24, 2.45) is 0 Å². The van der Waals surface area contributed by atoms with Crippen molar-refractivity contribution in [3.63, 3.8) is 0 Å². The number of nitrogens with one attached hydrogen (secondary N) is 1. The van der Waals surface area contributed by atoms with Crippen molar-refractivity contribution in [1.82, 2.24) is 10.2 Å². The van der Waals surface area contributed by atoms with Crippen molar-refractivity contribution in [2.45, 2.75) is 38.0 Å². The summed E-state index contributed by atoms with van der Waals surface area (Å²) in [5, 5.41) is 3.16. The first-order chi connectivity index (χ1) is 7.94. The van der Waals surface area contributed by atoms with Crippen LogP contribution in [0.2, 0.25) is 0 Å². The van der Waals surface area contributed by atoms with Gasteiger partial charge in [0, 0.05) is 19.2 Å². The highest BCUT2D eigenvalue weighted by Gasteiger charge is 2.36. The molecule has 1 N–H and O–H groups in total. The van der Waals surface area contributed by atoms with E-state index in [0.29, 0.717) is 6.61 Å². The van der Waals surface area contributed by atoms with Crippen LogP contribution in [0.15, 0.2) is 0 Å². The molecule has 0 aromatic heterocycles. The Morgan fingerprint density at radius 2 is 1.94 bits per heavy atom. The average Bonchev–Trinajstić information content (AvgIpc) is 2.26. The first-order valence-electron chi connectivity index (χ1n) is 5.96. The molecule has 1 aliphatic heterocycles. The Morgan fingerprint density at radius 1 is 1.35 bits per heavy atom. The summed E-state index contributed by atoms with van der Waals surface area (Å²) in [7, 11) is 1.52. The van der Waals surface area contributed by atoms with Gasteiger partial charge in [-0.1, -0.05) is 0 Å². The standard InChI is InChI=1S/C11H21F3N2O/c1-9(7-17-2)16(8-11(12,13)14)10-3-5-15-6-4-10/h9-10,15H,3-8H2,1-2H3. The molecule has 1 unspecified atom stereocenters. The second-order valence-electron chi connectivity index (χ2n) is 4.57. The lowest BCUT2D eigenvalue weighted by Gasteiger charge is -2.38. The van der Waals surface area contributed by atoms with Crippen molar-refractivity contribution in [1.29, 1.82) is 0 Å². The molecule has 1 heterocycles. The smallest absolute Gasteiger partial charge is 0.383 e. The zero-order chi connectivity index (χ0) is 12.9. The molecule has 17 heavy (non-hydrogen) atoms. The van der Waals surface area contributed by atoms with Crippen LogP contribution < -0.4 is 5.32 Å². The van der Waals surface area contributed by atoms with Crippen LogP contribution in [0.1, 0.15) is 19.8 Å². The highest BCUT2D eigenvalue weighted by atomic mass is 19.4. The third-order valence-corrected chi connectivity index (χ3v) is 3.11. The third-order valence-electron chi connectivity index (χ3n) is 3.11. The molecule has 3 nitrogen and oxygen atoms in total. The number of ether oxygens (including phenoxy) is 1. The van der Waals surface area contributed by atoms with Crippen molar-refractivity contribution < 1.29 is 17.9 Å². The maximum Gasteiger partial charge on any atom is 0.401 e. The lowest BCUT2D eigenvalue weighted by atomic mass is 10.0. The van der Waals surface area contributed by atoms with Gasteiger partial charge in [-0.15, -0.1) is 0 Å². The molecule has 0 bridgehead atoms. The third kappa shape index (κ3) is 5.23. The lowest BCUT2D eigenvalue weighted by Crippen LogP contribution is -2.51. The van der Waals surface area contributed by atoms with E-state index in [9.17, 15) is 13.2 Å². The Kier molecular flexibility index (Phi) is 5.69. The maximum absolute atomic E-state index is 12.6. The van der Waals surface area contributed by atoms with Gasteiger partial charge >= 0.3 is 6.18 Å². The van der Waals surface area contributed by atoms with E-state index < -0.39 is 12.7 Å². The molecule has 1 rings (SSSR count). The maximum atomic E-state index is 12.6. The van der Waals surface area contributed by atoms with Crippen LogP contribution in [0.25, 0.3) is 0 Å². The molecule has 0 aliphatic carbocycles. The summed E-state index contributed by atoms with van der Waals surface area (Å²) in [6.07, 6.45) is -2.61. The second-order valence-corrected chi connectivity index (χ2v) is 4.57. The van der Waals surface area contributed by atoms with E-state index in [2.05, 4.69) is 5.32 Å². The summed E-state index contributed by atoms with van der Waals surface area (Å²) in [6.45, 7) is 2.86. The van der Waals surface area contributed by atoms with Gasteiger partial charge in [0.1, 0.15) is 0 Å². The first-order valence-corrected chi connectivity index (χ1v) is 5.96. The zero-order valence-corrected chi connectivity index (χ0v) is 10.4. The van der Waals surface area contributed by atoms with E-state index >= 15 is 0 Å². The van der Waals surface area contributed by atoms with Gasteiger partial charge < -0.3 is 10.1 Å². The summed E-state index contributed by atoms with van der Waals surface area (Å²) < 4.78 is 42.7. The molecular weight excluding hydrogens is 233 g/mol. The van der Waals surface area contributed by atoms with Gasteiger partial charge in [0.05, 0.1) is 13.2 Å². The summed E-state index contributed by atoms with van der Waals surface area (Å²) >= 11 is 0. The minimum absolute atomic E-state index is 0.00280. The monoisotopic (exact) mass is 254 g/mol. The molecule has 1 aliphatic rings. The summed E-state index contributed by atoms with van der Waals surface area (Å²) in [5.74, 6) is 0. The van der Waals surface area contributed by atoms with Crippen LogP contribution in [0.3, 0.4) is 0 Å². The van der Waals surface area contributed by atoms with Crippen LogP contribution in [-0.2, 0) is 4.74 Å². The van der Waals surface area contributed by atoms with E-state index in [1.807, 2.05) is 0 Å². The zero-order valence-electron chi connectivity index (χ0n) is 10.4. The number of methoxy groups -OCH3 is 1. The number of rotatable bonds is 5. The van der Waals surface area contributed by atoms with E-state index in [1.165, 1.54) is 12.0 Å². The summed E-state index contributed by atoms with van der Waals surface area (Å²) in [6, 6.07) is -0.201. The molecule has 0 aromatic carbocycles. The summed E-state index contributed by atoms with van der Waals surface area (Å²) in [5.41, 5.74) is 0. The second kappa shape index (κ2) is 6.56. The van der Waals surface area contributed by atoms with Gasteiger partial charge in [0.2, 0.25) is 0 Å². The van der Waals surface area contributed by atoms with Crippen molar-refractivity contribution in [2.75, 3.05) is 33.4 Å². The molecular formula is C11H21F3N2O. The predicted molar refractivity (Wildman–Crippen MR) is 60.0 cm³/mol. The Labute approximate surface area is 100 Å². The van der Waals surface area contributed by atoms with Crippen molar-refractivity contribution in [3.05, 3.63) is 0 Å². The Bertz CT molecular complexity index is 217. The molecule has 0 radical (unpaired) electrons. The van der Waals surface area contributed by atoms with Crippen molar-refractivity contribution in [3.8, 4) is 0 Å². The van der Waals surface area contributed by atoms with Gasteiger partial charge in [-0.05, 0) is 32.9 Å². The fraction of sp³-hybridized carbons (Fsp3) is 1.00.